The van der Waals surface area contributed by atoms with Gasteiger partial charge in [-0.25, -0.2) is 0 Å². The first-order chi connectivity index (χ1) is 32.6. The molecule has 0 aliphatic heterocycles. The van der Waals surface area contributed by atoms with Gasteiger partial charge in [-0.1, -0.05) is 199 Å². The van der Waals surface area contributed by atoms with E-state index in [1.54, 1.807) is 0 Å². The van der Waals surface area contributed by atoms with Crippen LogP contribution in [-0.4, -0.2) is 37.9 Å². The fraction of sp³-hybridized carbons (Fsp3) is 0.574. The van der Waals surface area contributed by atoms with Gasteiger partial charge in [-0.15, -0.1) is 0 Å². The first kappa shape index (κ1) is 61.8. The van der Waals surface area contributed by atoms with Crippen molar-refractivity contribution in [3.63, 3.8) is 0 Å². The van der Waals surface area contributed by atoms with Gasteiger partial charge in [-0.2, -0.15) is 0 Å². The van der Waals surface area contributed by atoms with Crippen LogP contribution in [0.1, 0.15) is 201 Å². The number of carbonyl (C=O) groups is 2. The highest BCUT2D eigenvalue weighted by Crippen LogP contribution is 2.11. The summed E-state index contributed by atoms with van der Waals surface area (Å²) in [6.07, 6.45) is 80.1. The molecule has 1 unspecified atom stereocenters. The number of carbonyl (C=O) groups excluding carboxylic acids is 2. The smallest absolute Gasteiger partial charge is 0.306 e. The largest absolute Gasteiger partial charge is 0.462 e. The van der Waals surface area contributed by atoms with E-state index >= 15 is 0 Å². The molecule has 0 fully saturated rings. The van der Waals surface area contributed by atoms with Crippen LogP contribution in [-0.2, 0) is 23.8 Å². The Kier molecular flexibility index (Phi) is 51.6. The summed E-state index contributed by atoms with van der Waals surface area (Å²) in [5.74, 6) is -0.512. The molecule has 0 bridgehead atoms. The van der Waals surface area contributed by atoms with E-state index in [9.17, 15) is 9.59 Å². The predicted octanol–water partition coefficient (Wildman–Crippen LogP) is 18.1. The van der Waals surface area contributed by atoms with Crippen LogP contribution in [0, 0.1) is 0 Å². The summed E-state index contributed by atoms with van der Waals surface area (Å²) in [6.45, 7) is 7.35. The van der Waals surface area contributed by atoms with Crippen molar-refractivity contribution >= 4 is 11.9 Å². The molecule has 0 heterocycles. The molecule has 1 atom stereocenters. The highest BCUT2D eigenvalue weighted by Gasteiger charge is 2.17. The SMILES string of the molecule is CC/C=C\C/C=C\C/C=C\C/C=C\CCCCCCCCCOCC(COC(=O)CCCC/C=C\C/C=C\C/C=C\C/C=C\CC)OC(=O)CCCC/C=C\C/C=C\C/C=C\C/C=C\CC. The van der Waals surface area contributed by atoms with Crippen LogP contribution in [0.25, 0.3) is 0 Å². The molecular weight excluding hydrogens is 813 g/mol. The van der Waals surface area contributed by atoms with Crippen LogP contribution < -0.4 is 0 Å². The highest BCUT2D eigenvalue weighted by molar-refractivity contribution is 5.70. The Balaban J connectivity index is 4.45. The van der Waals surface area contributed by atoms with Crippen LogP contribution in [0.15, 0.2) is 146 Å². The second-order valence-corrected chi connectivity index (χ2v) is 16.6. The Morgan fingerprint density at radius 1 is 0.333 bits per heavy atom. The summed E-state index contributed by atoms with van der Waals surface area (Å²) in [7, 11) is 0. The van der Waals surface area contributed by atoms with Gasteiger partial charge in [0.25, 0.3) is 0 Å². The van der Waals surface area contributed by atoms with Gasteiger partial charge in [0.2, 0.25) is 0 Å². The van der Waals surface area contributed by atoms with Crippen LogP contribution in [0.5, 0.6) is 0 Å². The topological polar surface area (TPSA) is 61.8 Å². The van der Waals surface area contributed by atoms with Gasteiger partial charge < -0.3 is 14.2 Å². The molecule has 0 saturated heterocycles. The third-order valence-electron chi connectivity index (χ3n) is 10.4. The fourth-order valence-electron chi connectivity index (χ4n) is 6.54. The van der Waals surface area contributed by atoms with Crippen molar-refractivity contribution in [3.8, 4) is 0 Å². The van der Waals surface area contributed by atoms with Crippen molar-refractivity contribution in [2.24, 2.45) is 0 Å². The molecule has 66 heavy (non-hydrogen) atoms. The van der Waals surface area contributed by atoms with Crippen molar-refractivity contribution in [2.45, 2.75) is 207 Å². The average molecular weight is 909 g/mol. The molecule has 0 radical (unpaired) electrons. The van der Waals surface area contributed by atoms with E-state index in [0.717, 1.165) is 135 Å². The molecule has 0 aromatic carbocycles. The van der Waals surface area contributed by atoms with Gasteiger partial charge in [0, 0.05) is 19.4 Å². The number of rotatable bonds is 46. The first-order valence-electron chi connectivity index (χ1n) is 26.4. The number of hydrogen-bond donors (Lipinski definition) is 0. The minimum atomic E-state index is -0.592. The minimum Gasteiger partial charge on any atom is -0.462 e. The van der Waals surface area contributed by atoms with Crippen LogP contribution in [0.2, 0.25) is 0 Å². The minimum absolute atomic E-state index is 0.0320. The fourth-order valence-corrected chi connectivity index (χ4v) is 6.54. The lowest BCUT2D eigenvalue weighted by Crippen LogP contribution is -2.30. The molecule has 0 N–H and O–H groups in total. The van der Waals surface area contributed by atoms with Crippen LogP contribution >= 0.6 is 0 Å². The summed E-state index contributed by atoms with van der Waals surface area (Å²) < 4.78 is 17.3. The molecule has 5 heteroatoms. The molecule has 0 rings (SSSR count). The van der Waals surface area contributed by atoms with E-state index < -0.39 is 6.10 Å². The Morgan fingerprint density at radius 3 is 1.02 bits per heavy atom. The molecule has 0 spiro atoms. The summed E-state index contributed by atoms with van der Waals surface area (Å²) in [5.41, 5.74) is 0. The molecule has 0 aliphatic carbocycles. The average Bonchev–Trinajstić information content (AvgIpc) is 3.32. The van der Waals surface area contributed by atoms with Gasteiger partial charge in [0.1, 0.15) is 6.61 Å². The third-order valence-corrected chi connectivity index (χ3v) is 10.4. The Hall–Kier alpha value is -4.22. The van der Waals surface area contributed by atoms with E-state index in [2.05, 4.69) is 167 Å². The summed E-state index contributed by atoms with van der Waals surface area (Å²) in [5, 5.41) is 0. The van der Waals surface area contributed by atoms with Crippen molar-refractivity contribution < 1.29 is 23.8 Å². The lowest BCUT2D eigenvalue weighted by Gasteiger charge is -2.18. The zero-order valence-electron chi connectivity index (χ0n) is 42.4. The Bertz CT molecular complexity index is 1450. The second kappa shape index (κ2) is 55.1. The number of esters is 2. The lowest BCUT2D eigenvalue weighted by molar-refractivity contribution is -0.163. The van der Waals surface area contributed by atoms with Gasteiger partial charge >= 0.3 is 11.9 Å². The first-order valence-corrected chi connectivity index (χ1v) is 26.4. The molecular formula is C61H96O5. The molecule has 0 amide bonds. The van der Waals surface area contributed by atoms with Gasteiger partial charge in [-0.3, -0.25) is 9.59 Å². The van der Waals surface area contributed by atoms with Crippen LogP contribution in [0.4, 0.5) is 0 Å². The number of unbranched alkanes of at least 4 members (excludes halogenated alkanes) is 11. The van der Waals surface area contributed by atoms with Crippen molar-refractivity contribution in [3.05, 3.63) is 146 Å². The normalized spacial score (nSPS) is 13.4. The van der Waals surface area contributed by atoms with E-state index in [4.69, 9.17) is 14.2 Å². The number of ether oxygens (including phenoxy) is 3. The lowest BCUT2D eigenvalue weighted by atomic mass is 10.1. The molecule has 5 nitrogen and oxygen atoms in total. The van der Waals surface area contributed by atoms with E-state index in [1.807, 2.05) is 0 Å². The highest BCUT2D eigenvalue weighted by atomic mass is 16.6. The predicted molar refractivity (Wildman–Crippen MR) is 288 cm³/mol. The van der Waals surface area contributed by atoms with Crippen molar-refractivity contribution in [1.82, 2.24) is 0 Å². The molecule has 0 aromatic heterocycles. The summed E-state index contributed by atoms with van der Waals surface area (Å²) in [4.78, 5) is 25.4. The van der Waals surface area contributed by atoms with E-state index in [1.165, 1.54) is 32.1 Å². The van der Waals surface area contributed by atoms with Gasteiger partial charge in [0.15, 0.2) is 6.10 Å². The Labute approximate surface area is 406 Å². The third kappa shape index (κ3) is 52.4. The second-order valence-electron chi connectivity index (χ2n) is 16.6. The Morgan fingerprint density at radius 2 is 0.636 bits per heavy atom. The number of hydrogen-bond acceptors (Lipinski definition) is 5. The summed E-state index contributed by atoms with van der Waals surface area (Å²) in [6, 6.07) is 0. The maximum Gasteiger partial charge on any atom is 0.306 e. The standard InChI is InChI=1S/C61H96O5/c1-4-7-10-13-16-19-22-25-28-29-30-31-32-35-38-41-44-47-50-53-56-64-57-59(66-61(63)55-52-49-46-43-40-37-34-27-24-21-18-15-12-9-6-3)58-65-60(62)54-51-48-45-42-39-36-33-26-23-20-17-14-11-8-5-2/h7-12,16-21,25-28,30-31,33-34,39-40,42-43,59H,4-6,13-15,22-24,29,32,35-38,41,44-58H2,1-3H3/b10-7-,11-8-,12-9-,19-16-,20-17-,21-18-,28-25-,31-30-,33-26-,34-27-,42-39-,43-40-. The maximum absolute atomic E-state index is 12.8. The number of allylic oxidation sites excluding steroid dienone is 24. The summed E-state index contributed by atoms with van der Waals surface area (Å²) >= 11 is 0. The van der Waals surface area contributed by atoms with E-state index in [0.29, 0.717) is 19.4 Å². The van der Waals surface area contributed by atoms with Crippen molar-refractivity contribution in [2.75, 3.05) is 19.8 Å². The maximum atomic E-state index is 12.8. The zero-order chi connectivity index (χ0) is 47.7. The van der Waals surface area contributed by atoms with Gasteiger partial charge in [-0.05, 0) is 135 Å². The quantitative estimate of drug-likeness (QED) is 0.0346. The van der Waals surface area contributed by atoms with Crippen LogP contribution in [0.3, 0.4) is 0 Å². The monoisotopic (exact) mass is 909 g/mol. The zero-order valence-corrected chi connectivity index (χ0v) is 42.4. The molecule has 370 valence electrons. The molecule has 0 aliphatic rings. The molecule has 0 aromatic rings. The van der Waals surface area contributed by atoms with Crippen molar-refractivity contribution in [1.29, 1.82) is 0 Å². The molecule has 0 saturated carbocycles. The van der Waals surface area contributed by atoms with Gasteiger partial charge in [0.05, 0.1) is 6.61 Å². The van der Waals surface area contributed by atoms with E-state index in [-0.39, 0.29) is 25.2 Å².